The van der Waals surface area contributed by atoms with Gasteiger partial charge in [0.25, 0.3) is 0 Å². The smallest absolute Gasteiger partial charge is 0.210 e. The summed E-state index contributed by atoms with van der Waals surface area (Å²) in [5.74, 6) is 0.336. The third kappa shape index (κ3) is 3.14. The third-order valence-corrected chi connectivity index (χ3v) is 4.93. The van der Waals surface area contributed by atoms with Crippen molar-refractivity contribution in [3.8, 4) is 0 Å². The van der Waals surface area contributed by atoms with Gasteiger partial charge in [0.05, 0.1) is 17.9 Å². The minimum atomic E-state index is 0.0306. The van der Waals surface area contributed by atoms with Gasteiger partial charge in [-0.2, -0.15) is 0 Å². The number of carbonyl (C=O) groups is 1. The highest BCUT2D eigenvalue weighted by atomic mass is 32.2. The summed E-state index contributed by atoms with van der Waals surface area (Å²) in [5.41, 5.74) is 0. The fraction of sp³-hybridized carbons (Fsp3) is 0.833. The normalized spacial score (nSPS) is 27.9. The number of carbonyl (C=O) groups excluding carboxylic acids is 1. The molecule has 1 aromatic heterocycles. The Morgan fingerprint density at radius 1 is 1.32 bits per heavy atom. The van der Waals surface area contributed by atoms with Crippen LogP contribution in [0.4, 0.5) is 0 Å². The van der Waals surface area contributed by atoms with E-state index in [0.29, 0.717) is 18.7 Å². The molecule has 1 saturated heterocycles. The van der Waals surface area contributed by atoms with Crippen LogP contribution in [-0.2, 0) is 16.1 Å². The zero-order valence-corrected chi connectivity index (χ0v) is 11.6. The van der Waals surface area contributed by atoms with Crippen LogP contribution >= 0.6 is 11.8 Å². The van der Waals surface area contributed by atoms with Crippen LogP contribution in [0, 0.1) is 0 Å². The predicted molar refractivity (Wildman–Crippen MR) is 69.9 cm³/mol. The topological polar surface area (TPSA) is 69.9 Å². The van der Waals surface area contributed by atoms with Crippen LogP contribution in [0.2, 0.25) is 0 Å². The molecular weight excluding hydrogens is 264 g/mol. The third-order valence-electron chi connectivity index (χ3n) is 3.65. The van der Waals surface area contributed by atoms with E-state index in [1.54, 1.807) is 4.68 Å². The minimum absolute atomic E-state index is 0.0306. The molecule has 0 radical (unpaired) electrons. The Morgan fingerprint density at radius 3 is 3.05 bits per heavy atom. The first kappa shape index (κ1) is 13.1. The molecule has 2 unspecified atom stereocenters. The first-order valence-electron chi connectivity index (χ1n) is 6.90. The average molecular weight is 282 g/mol. The van der Waals surface area contributed by atoms with Crippen molar-refractivity contribution < 1.29 is 9.53 Å². The van der Waals surface area contributed by atoms with Crippen LogP contribution in [0.1, 0.15) is 38.5 Å². The van der Waals surface area contributed by atoms with Gasteiger partial charge in [0, 0.05) is 13.0 Å². The molecular formula is C12H18N4O2S. The number of hydrogen-bond acceptors (Lipinski definition) is 6. The number of ether oxygens (including phenoxy) is 1. The molecule has 1 saturated carbocycles. The lowest BCUT2D eigenvalue weighted by Crippen LogP contribution is -2.23. The van der Waals surface area contributed by atoms with E-state index < -0.39 is 0 Å². The molecule has 104 valence electrons. The lowest BCUT2D eigenvalue weighted by Gasteiger charge is -2.19. The van der Waals surface area contributed by atoms with Crippen molar-refractivity contribution in [1.82, 2.24) is 20.2 Å². The van der Waals surface area contributed by atoms with Gasteiger partial charge in [-0.15, -0.1) is 5.10 Å². The fourth-order valence-corrected chi connectivity index (χ4v) is 3.68. The zero-order valence-electron chi connectivity index (χ0n) is 10.8. The van der Waals surface area contributed by atoms with E-state index in [0.717, 1.165) is 43.9 Å². The number of tetrazole rings is 1. The summed E-state index contributed by atoms with van der Waals surface area (Å²) in [6.45, 7) is 1.52. The van der Waals surface area contributed by atoms with Crippen molar-refractivity contribution in [1.29, 1.82) is 0 Å². The second kappa shape index (κ2) is 6.00. The molecule has 1 aliphatic heterocycles. The van der Waals surface area contributed by atoms with Gasteiger partial charge >= 0.3 is 0 Å². The molecule has 1 aliphatic carbocycles. The van der Waals surface area contributed by atoms with E-state index in [1.807, 2.05) is 0 Å². The first-order valence-corrected chi connectivity index (χ1v) is 7.78. The van der Waals surface area contributed by atoms with Crippen LogP contribution in [-0.4, -0.2) is 44.0 Å². The monoisotopic (exact) mass is 282 g/mol. The summed E-state index contributed by atoms with van der Waals surface area (Å²) in [6, 6.07) is 0. The molecule has 0 aromatic carbocycles. The Morgan fingerprint density at radius 2 is 2.26 bits per heavy atom. The summed E-state index contributed by atoms with van der Waals surface area (Å²) < 4.78 is 7.38. The maximum atomic E-state index is 11.9. The van der Waals surface area contributed by atoms with Crippen LogP contribution in [0.25, 0.3) is 0 Å². The number of hydrogen-bond donors (Lipinski definition) is 0. The number of rotatable bonds is 4. The molecule has 0 bridgehead atoms. The number of ketones is 1. The van der Waals surface area contributed by atoms with Gasteiger partial charge in [-0.3, -0.25) is 4.79 Å². The van der Waals surface area contributed by atoms with Gasteiger partial charge in [0.2, 0.25) is 5.16 Å². The first-order chi connectivity index (χ1) is 9.33. The standard InChI is InChI=1S/C12H18N4O2S/c17-10-5-1-2-6-11(10)19-12-13-14-15-16(12)8-9-4-3-7-18-9/h9,11H,1-8H2. The van der Waals surface area contributed by atoms with Gasteiger partial charge < -0.3 is 4.74 Å². The Labute approximate surface area is 116 Å². The van der Waals surface area contributed by atoms with Crippen molar-refractivity contribution >= 4 is 17.5 Å². The maximum Gasteiger partial charge on any atom is 0.210 e. The van der Waals surface area contributed by atoms with Crippen molar-refractivity contribution in [2.45, 2.75) is 61.6 Å². The van der Waals surface area contributed by atoms with Gasteiger partial charge in [0.1, 0.15) is 5.78 Å². The summed E-state index contributed by atoms with van der Waals surface area (Å²) in [7, 11) is 0. The fourth-order valence-electron chi connectivity index (χ4n) is 2.58. The van der Waals surface area contributed by atoms with E-state index in [2.05, 4.69) is 15.5 Å². The van der Waals surface area contributed by atoms with Gasteiger partial charge in [0.15, 0.2) is 0 Å². The maximum absolute atomic E-state index is 11.9. The highest BCUT2D eigenvalue weighted by molar-refractivity contribution is 8.00. The number of Topliss-reactive ketones (excluding diaryl/α,β-unsaturated/α-hetero) is 1. The van der Waals surface area contributed by atoms with E-state index in [4.69, 9.17) is 4.74 Å². The van der Waals surface area contributed by atoms with Crippen molar-refractivity contribution in [3.63, 3.8) is 0 Å². The van der Waals surface area contributed by atoms with Gasteiger partial charge in [-0.25, -0.2) is 4.68 Å². The van der Waals surface area contributed by atoms with E-state index >= 15 is 0 Å². The highest BCUT2D eigenvalue weighted by Crippen LogP contribution is 2.30. The van der Waals surface area contributed by atoms with Crippen LogP contribution in [0.15, 0.2) is 5.16 Å². The van der Waals surface area contributed by atoms with Crippen LogP contribution in [0.3, 0.4) is 0 Å². The second-order valence-electron chi connectivity index (χ2n) is 5.10. The van der Waals surface area contributed by atoms with E-state index in [1.165, 1.54) is 11.8 Å². The Kier molecular flexibility index (Phi) is 4.12. The molecule has 2 heterocycles. The van der Waals surface area contributed by atoms with Crippen molar-refractivity contribution in [2.75, 3.05) is 6.61 Å². The quantitative estimate of drug-likeness (QED) is 0.832. The van der Waals surface area contributed by atoms with Gasteiger partial charge in [-0.1, -0.05) is 18.2 Å². The van der Waals surface area contributed by atoms with Crippen LogP contribution < -0.4 is 0 Å². The molecule has 19 heavy (non-hydrogen) atoms. The summed E-state index contributed by atoms with van der Waals surface area (Å²) in [4.78, 5) is 11.9. The van der Waals surface area contributed by atoms with Gasteiger partial charge in [-0.05, 0) is 36.1 Å². The molecule has 7 heteroatoms. The molecule has 0 N–H and O–H groups in total. The number of aromatic nitrogens is 4. The van der Waals surface area contributed by atoms with Crippen LogP contribution in [0.5, 0.6) is 0 Å². The molecule has 0 spiro atoms. The molecule has 6 nitrogen and oxygen atoms in total. The second-order valence-corrected chi connectivity index (χ2v) is 6.27. The largest absolute Gasteiger partial charge is 0.376 e. The lowest BCUT2D eigenvalue weighted by molar-refractivity contribution is -0.119. The Balaban J connectivity index is 1.64. The molecule has 2 fully saturated rings. The Bertz CT molecular complexity index is 445. The van der Waals surface area contributed by atoms with Crippen molar-refractivity contribution in [2.24, 2.45) is 0 Å². The SMILES string of the molecule is O=C1CCCCC1Sc1nnnn1CC1CCCO1. The summed E-state index contributed by atoms with van der Waals surface area (Å²) in [5, 5.41) is 12.6. The minimum Gasteiger partial charge on any atom is -0.376 e. The van der Waals surface area contributed by atoms with Crippen molar-refractivity contribution in [3.05, 3.63) is 0 Å². The lowest BCUT2D eigenvalue weighted by atomic mass is 9.99. The van der Waals surface area contributed by atoms with E-state index in [-0.39, 0.29) is 11.4 Å². The summed E-state index contributed by atoms with van der Waals surface area (Å²) in [6.07, 6.45) is 6.17. The zero-order chi connectivity index (χ0) is 13.1. The number of thioether (sulfide) groups is 1. The molecule has 3 rings (SSSR count). The molecule has 0 amide bonds. The highest BCUT2D eigenvalue weighted by Gasteiger charge is 2.26. The number of nitrogens with zero attached hydrogens (tertiary/aromatic N) is 4. The predicted octanol–water partition coefficient (Wildman–Crippen LogP) is 1.46. The molecule has 2 atom stereocenters. The summed E-state index contributed by atoms with van der Waals surface area (Å²) >= 11 is 1.51. The Hall–Kier alpha value is -0.950. The molecule has 2 aliphatic rings. The average Bonchev–Trinajstić information content (AvgIpc) is 3.06. The van der Waals surface area contributed by atoms with E-state index in [9.17, 15) is 4.79 Å². The molecule has 1 aromatic rings.